The first-order chi connectivity index (χ1) is 3.79. The van der Waals surface area contributed by atoms with E-state index >= 15 is 0 Å². The standard InChI is InChI=1S/C7H12O/c1-7-3-2-6(4-7)8-5-7/h6H,2-5H2,1H3. The van der Waals surface area contributed by atoms with E-state index in [4.69, 9.17) is 4.74 Å². The highest BCUT2D eigenvalue weighted by molar-refractivity contribution is 4.91. The second kappa shape index (κ2) is 1.27. The number of ether oxygens (including phenoxy) is 1. The maximum atomic E-state index is 5.45. The van der Waals surface area contributed by atoms with Crippen LogP contribution in [0.3, 0.4) is 0 Å². The summed E-state index contributed by atoms with van der Waals surface area (Å²) in [6.45, 7) is 3.36. The molecule has 2 aliphatic rings. The summed E-state index contributed by atoms with van der Waals surface area (Å²) in [5.74, 6) is 0. The minimum absolute atomic E-state index is 0.588. The lowest BCUT2D eigenvalue weighted by molar-refractivity contribution is 0.0566. The van der Waals surface area contributed by atoms with Crippen LogP contribution in [0.2, 0.25) is 0 Å². The van der Waals surface area contributed by atoms with E-state index in [2.05, 4.69) is 6.92 Å². The molecule has 0 spiro atoms. The summed E-state index contributed by atoms with van der Waals surface area (Å²) < 4.78 is 5.45. The van der Waals surface area contributed by atoms with Gasteiger partial charge >= 0.3 is 0 Å². The predicted molar refractivity (Wildman–Crippen MR) is 31.7 cm³/mol. The minimum Gasteiger partial charge on any atom is -0.378 e. The van der Waals surface area contributed by atoms with Crippen molar-refractivity contribution in [3.05, 3.63) is 0 Å². The number of fused-ring (bicyclic) bond motifs is 2. The van der Waals surface area contributed by atoms with Crippen LogP contribution in [-0.2, 0) is 4.74 Å². The molecule has 8 heavy (non-hydrogen) atoms. The van der Waals surface area contributed by atoms with Crippen molar-refractivity contribution in [2.24, 2.45) is 5.41 Å². The Morgan fingerprint density at radius 3 is 2.62 bits per heavy atom. The van der Waals surface area contributed by atoms with E-state index in [1.807, 2.05) is 0 Å². The van der Waals surface area contributed by atoms with Crippen molar-refractivity contribution >= 4 is 0 Å². The molecule has 0 aromatic heterocycles. The van der Waals surface area contributed by atoms with Crippen LogP contribution < -0.4 is 0 Å². The van der Waals surface area contributed by atoms with Gasteiger partial charge in [-0.15, -0.1) is 0 Å². The van der Waals surface area contributed by atoms with Gasteiger partial charge in [-0.3, -0.25) is 0 Å². The molecule has 1 heteroatoms. The fourth-order valence-electron chi connectivity index (χ4n) is 1.86. The summed E-state index contributed by atoms with van der Waals surface area (Å²) in [5, 5.41) is 0. The highest BCUT2D eigenvalue weighted by atomic mass is 16.5. The van der Waals surface area contributed by atoms with E-state index < -0.39 is 0 Å². The molecule has 2 atom stereocenters. The van der Waals surface area contributed by atoms with Gasteiger partial charge in [0.25, 0.3) is 0 Å². The van der Waals surface area contributed by atoms with Gasteiger partial charge < -0.3 is 4.74 Å². The fourth-order valence-corrected chi connectivity index (χ4v) is 1.86. The quantitative estimate of drug-likeness (QED) is 0.462. The Balaban J connectivity index is 2.19. The van der Waals surface area contributed by atoms with E-state index in [1.165, 1.54) is 19.3 Å². The molecular formula is C7H12O. The van der Waals surface area contributed by atoms with Crippen LogP contribution in [0, 0.1) is 5.41 Å². The monoisotopic (exact) mass is 112 g/mol. The molecule has 1 aliphatic heterocycles. The summed E-state index contributed by atoms with van der Waals surface area (Å²) in [5.41, 5.74) is 0.588. The third kappa shape index (κ3) is 0.510. The van der Waals surface area contributed by atoms with Crippen LogP contribution in [0.5, 0.6) is 0 Å². The van der Waals surface area contributed by atoms with Crippen molar-refractivity contribution < 1.29 is 4.74 Å². The predicted octanol–water partition coefficient (Wildman–Crippen LogP) is 1.58. The molecule has 46 valence electrons. The number of hydrogen-bond donors (Lipinski definition) is 0. The van der Waals surface area contributed by atoms with Crippen molar-refractivity contribution in [2.75, 3.05) is 6.61 Å². The van der Waals surface area contributed by atoms with Crippen molar-refractivity contribution in [2.45, 2.75) is 32.3 Å². The topological polar surface area (TPSA) is 9.23 Å². The van der Waals surface area contributed by atoms with Crippen LogP contribution >= 0.6 is 0 Å². The number of rotatable bonds is 0. The average Bonchev–Trinajstić information content (AvgIpc) is 2.21. The molecule has 1 saturated carbocycles. The van der Waals surface area contributed by atoms with E-state index in [9.17, 15) is 0 Å². The maximum absolute atomic E-state index is 5.45. The van der Waals surface area contributed by atoms with Gasteiger partial charge in [0.1, 0.15) is 0 Å². The van der Waals surface area contributed by atoms with Crippen molar-refractivity contribution in [1.82, 2.24) is 0 Å². The SMILES string of the molecule is CC12CCC(C1)OC2. The van der Waals surface area contributed by atoms with Crippen molar-refractivity contribution in [1.29, 1.82) is 0 Å². The first kappa shape index (κ1) is 4.80. The van der Waals surface area contributed by atoms with Crippen LogP contribution in [0.15, 0.2) is 0 Å². The highest BCUT2D eigenvalue weighted by Gasteiger charge is 2.41. The van der Waals surface area contributed by atoms with Crippen LogP contribution in [0.1, 0.15) is 26.2 Å². The molecule has 0 amide bonds. The number of hydrogen-bond acceptors (Lipinski definition) is 1. The van der Waals surface area contributed by atoms with E-state index in [1.54, 1.807) is 0 Å². The molecule has 2 unspecified atom stereocenters. The minimum atomic E-state index is 0.588. The summed E-state index contributed by atoms with van der Waals surface area (Å²) >= 11 is 0. The van der Waals surface area contributed by atoms with E-state index in [0.717, 1.165) is 6.61 Å². The lowest BCUT2D eigenvalue weighted by Crippen LogP contribution is -2.15. The molecule has 0 N–H and O–H groups in total. The fraction of sp³-hybridized carbons (Fsp3) is 1.00. The third-order valence-corrected chi connectivity index (χ3v) is 2.46. The third-order valence-electron chi connectivity index (χ3n) is 2.46. The maximum Gasteiger partial charge on any atom is 0.0581 e. The zero-order chi connectivity index (χ0) is 5.61. The van der Waals surface area contributed by atoms with Crippen molar-refractivity contribution in [3.8, 4) is 0 Å². The molecule has 1 saturated heterocycles. The molecule has 2 bridgehead atoms. The second-order valence-electron chi connectivity index (χ2n) is 3.49. The Morgan fingerprint density at radius 1 is 1.62 bits per heavy atom. The van der Waals surface area contributed by atoms with E-state index in [-0.39, 0.29) is 0 Å². The summed E-state index contributed by atoms with van der Waals surface area (Å²) in [4.78, 5) is 0. The Morgan fingerprint density at radius 2 is 2.50 bits per heavy atom. The zero-order valence-corrected chi connectivity index (χ0v) is 5.31. The molecule has 1 aliphatic carbocycles. The molecular weight excluding hydrogens is 100 g/mol. The molecule has 2 fully saturated rings. The van der Waals surface area contributed by atoms with Crippen molar-refractivity contribution in [3.63, 3.8) is 0 Å². The Labute approximate surface area is 50.0 Å². The zero-order valence-electron chi connectivity index (χ0n) is 5.31. The van der Waals surface area contributed by atoms with Gasteiger partial charge in [-0.25, -0.2) is 0 Å². The summed E-state index contributed by atoms with van der Waals surface area (Å²) in [6, 6.07) is 0. The Kier molecular flexibility index (Phi) is 0.762. The first-order valence-corrected chi connectivity index (χ1v) is 3.40. The summed E-state index contributed by atoms with van der Waals surface area (Å²) in [6.07, 6.45) is 4.68. The second-order valence-corrected chi connectivity index (χ2v) is 3.49. The molecule has 1 nitrogen and oxygen atoms in total. The molecule has 1 heterocycles. The first-order valence-electron chi connectivity index (χ1n) is 3.40. The van der Waals surface area contributed by atoms with Gasteiger partial charge in [0.15, 0.2) is 0 Å². The molecule has 0 radical (unpaired) electrons. The van der Waals surface area contributed by atoms with Crippen LogP contribution in [0.25, 0.3) is 0 Å². The molecule has 2 rings (SSSR count). The van der Waals surface area contributed by atoms with Gasteiger partial charge in [-0.2, -0.15) is 0 Å². The average molecular weight is 112 g/mol. The highest BCUT2D eigenvalue weighted by Crippen LogP contribution is 2.45. The lowest BCUT2D eigenvalue weighted by atomic mass is 9.91. The van der Waals surface area contributed by atoms with Gasteiger partial charge in [0.2, 0.25) is 0 Å². The van der Waals surface area contributed by atoms with Gasteiger partial charge in [0.05, 0.1) is 12.7 Å². The largest absolute Gasteiger partial charge is 0.378 e. The Hall–Kier alpha value is -0.0400. The van der Waals surface area contributed by atoms with Gasteiger partial charge in [-0.1, -0.05) is 6.92 Å². The lowest BCUT2D eigenvalue weighted by Gasteiger charge is -2.18. The summed E-state index contributed by atoms with van der Waals surface area (Å²) in [7, 11) is 0. The van der Waals surface area contributed by atoms with E-state index in [0.29, 0.717) is 11.5 Å². The van der Waals surface area contributed by atoms with Gasteiger partial charge in [0, 0.05) is 0 Å². The molecule has 0 aromatic carbocycles. The van der Waals surface area contributed by atoms with Gasteiger partial charge in [-0.05, 0) is 24.7 Å². The molecule has 0 aromatic rings. The van der Waals surface area contributed by atoms with Crippen LogP contribution in [-0.4, -0.2) is 12.7 Å². The van der Waals surface area contributed by atoms with Crippen LogP contribution in [0.4, 0.5) is 0 Å². The smallest absolute Gasteiger partial charge is 0.0581 e. The Bertz CT molecular complexity index is 101. The normalized spacial score (nSPS) is 52.9.